The van der Waals surface area contributed by atoms with Crippen molar-refractivity contribution in [1.82, 2.24) is 0 Å². The van der Waals surface area contributed by atoms with Gasteiger partial charge in [-0.2, -0.15) is 0 Å². The van der Waals surface area contributed by atoms with Crippen molar-refractivity contribution in [2.45, 2.75) is 13.5 Å². The normalized spacial score (nSPS) is 10.3. The number of anilines is 1. The van der Waals surface area contributed by atoms with Crippen LogP contribution in [0.3, 0.4) is 0 Å². The van der Waals surface area contributed by atoms with Gasteiger partial charge >= 0.3 is 0 Å². The average molecular weight is 282 g/mol. The van der Waals surface area contributed by atoms with E-state index >= 15 is 0 Å². The molecule has 0 radical (unpaired) electrons. The highest BCUT2D eigenvalue weighted by molar-refractivity contribution is 9.10. The van der Waals surface area contributed by atoms with Crippen LogP contribution in [0.5, 0.6) is 0 Å². The van der Waals surface area contributed by atoms with Crippen LogP contribution in [0.15, 0.2) is 40.2 Å². The maximum Gasteiger partial charge on any atom is 0.0494 e. The van der Waals surface area contributed by atoms with Gasteiger partial charge in [-0.25, -0.2) is 0 Å². The molecule has 0 unspecified atom stereocenters. The van der Waals surface area contributed by atoms with E-state index in [-0.39, 0.29) is 0 Å². The molecule has 1 aromatic heterocycles. The molecule has 0 aliphatic heterocycles. The maximum absolute atomic E-state index is 3.49. The fourth-order valence-electron chi connectivity index (χ4n) is 1.44. The molecule has 0 spiro atoms. The zero-order chi connectivity index (χ0) is 10.7. The van der Waals surface area contributed by atoms with Crippen molar-refractivity contribution < 1.29 is 0 Å². The molecule has 1 nitrogen and oxygen atoms in total. The van der Waals surface area contributed by atoms with E-state index in [1.165, 1.54) is 10.4 Å². The molecule has 2 rings (SSSR count). The molecule has 1 aromatic carbocycles. The quantitative estimate of drug-likeness (QED) is 0.878. The van der Waals surface area contributed by atoms with E-state index in [4.69, 9.17) is 0 Å². The summed E-state index contributed by atoms with van der Waals surface area (Å²) in [6.07, 6.45) is 0. The third kappa shape index (κ3) is 3.08. The van der Waals surface area contributed by atoms with Crippen LogP contribution in [0.25, 0.3) is 0 Å². The number of nitrogens with one attached hydrogen (secondary N) is 1. The lowest BCUT2D eigenvalue weighted by Gasteiger charge is -2.06. The molecule has 78 valence electrons. The van der Waals surface area contributed by atoms with Crippen LogP contribution in [-0.2, 0) is 6.54 Å². The van der Waals surface area contributed by atoms with Crippen molar-refractivity contribution in [1.29, 1.82) is 0 Å². The highest BCUT2D eigenvalue weighted by Crippen LogP contribution is 2.20. The summed E-state index contributed by atoms with van der Waals surface area (Å²) in [7, 11) is 0. The number of rotatable bonds is 3. The molecule has 1 heterocycles. The van der Waals surface area contributed by atoms with Crippen molar-refractivity contribution in [2.24, 2.45) is 0 Å². The molecule has 0 saturated heterocycles. The lowest BCUT2D eigenvalue weighted by molar-refractivity contribution is 1.19. The van der Waals surface area contributed by atoms with Crippen LogP contribution in [0.4, 0.5) is 5.69 Å². The zero-order valence-corrected chi connectivity index (χ0v) is 10.9. The first-order valence-corrected chi connectivity index (χ1v) is 6.45. The number of benzene rings is 1. The van der Waals surface area contributed by atoms with Gasteiger partial charge in [0.15, 0.2) is 0 Å². The van der Waals surface area contributed by atoms with Crippen molar-refractivity contribution >= 4 is 33.0 Å². The number of hydrogen-bond acceptors (Lipinski definition) is 2. The average Bonchev–Trinajstić information content (AvgIpc) is 2.65. The van der Waals surface area contributed by atoms with Gasteiger partial charge in [0.1, 0.15) is 0 Å². The van der Waals surface area contributed by atoms with Crippen LogP contribution < -0.4 is 5.32 Å². The Morgan fingerprint density at radius 2 is 2.20 bits per heavy atom. The van der Waals surface area contributed by atoms with Crippen molar-refractivity contribution in [3.05, 3.63) is 50.6 Å². The first-order valence-electron chi connectivity index (χ1n) is 4.77. The molecule has 0 amide bonds. The van der Waals surface area contributed by atoms with Crippen molar-refractivity contribution in [2.75, 3.05) is 5.32 Å². The van der Waals surface area contributed by atoms with E-state index in [1.54, 1.807) is 11.3 Å². The van der Waals surface area contributed by atoms with E-state index < -0.39 is 0 Å². The predicted octanol–water partition coefficient (Wildman–Crippen LogP) is 4.43. The lowest BCUT2D eigenvalue weighted by atomic mass is 10.2. The fraction of sp³-hybridized carbons (Fsp3) is 0.167. The van der Waals surface area contributed by atoms with Gasteiger partial charge in [0.05, 0.1) is 0 Å². The highest BCUT2D eigenvalue weighted by Gasteiger charge is 1.97. The van der Waals surface area contributed by atoms with Gasteiger partial charge in [0.25, 0.3) is 0 Å². The van der Waals surface area contributed by atoms with Gasteiger partial charge in [-0.1, -0.05) is 22.0 Å². The molecule has 3 heteroatoms. The summed E-state index contributed by atoms with van der Waals surface area (Å²) >= 11 is 5.27. The Labute approximate surface area is 102 Å². The molecule has 1 N–H and O–H groups in total. The molecular weight excluding hydrogens is 270 g/mol. The summed E-state index contributed by atoms with van der Waals surface area (Å²) in [5.74, 6) is 0. The second-order valence-electron chi connectivity index (χ2n) is 3.45. The van der Waals surface area contributed by atoms with Gasteiger partial charge < -0.3 is 5.32 Å². The second kappa shape index (κ2) is 4.81. The molecule has 0 aliphatic carbocycles. The largest absolute Gasteiger partial charge is 0.380 e. The molecule has 2 aromatic rings. The predicted molar refractivity (Wildman–Crippen MR) is 70.5 cm³/mol. The smallest absolute Gasteiger partial charge is 0.0494 e. The van der Waals surface area contributed by atoms with Crippen LogP contribution >= 0.6 is 27.3 Å². The van der Waals surface area contributed by atoms with Gasteiger partial charge in [-0.3, -0.25) is 0 Å². The Morgan fingerprint density at radius 1 is 1.33 bits per heavy atom. The monoisotopic (exact) mass is 281 g/mol. The number of hydrogen-bond donors (Lipinski definition) is 1. The first-order chi connectivity index (χ1) is 7.24. The van der Waals surface area contributed by atoms with E-state index in [9.17, 15) is 0 Å². The third-order valence-electron chi connectivity index (χ3n) is 2.09. The fourth-order valence-corrected chi connectivity index (χ4v) is 2.69. The Kier molecular flexibility index (Phi) is 3.44. The summed E-state index contributed by atoms with van der Waals surface area (Å²) < 4.78 is 1.12. The second-order valence-corrected chi connectivity index (χ2v) is 5.40. The molecule has 0 saturated carbocycles. The molecular formula is C12H12BrNS. The maximum atomic E-state index is 3.49. The molecule has 0 bridgehead atoms. The SMILES string of the molecule is Cc1cc(Br)cc(NCc2cccs2)c1. The Morgan fingerprint density at radius 3 is 2.87 bits per heavy atom. The van der Waals surface area contributed by atoms with E-state index in [0.29, 0.717) is 0 Å². The third-order valence-corrected chi connectivity index (χ3v) is 3.42. The number of aryl methyl sites for hydroxylation is 1. The molecule has 15 heavy (non-hydrogen) atoms. The standard InChI is InChI=1S/C12H12BrNS/c1-9-5-10(13)7-11(6-9)14-8-12-3-2-4-15-12/h2-7,14H,8H2,1H3. The minimum Gasteiger partial charge on any atom is -0.380 e. The minimum absolute atomic E-state index is 0.896. The van der Waals surface area contributed by atoms with Crippen LogP contribution in [0.2, 0.25) is 0 Å². The van der Waals surface area contributed by atoms with Crippen molar-refractivity contribution in [3.63, 3.8) is 0 Å². The van der Waals surface area contributed by atoms with E-state index in [1.807, 2.05) is 0 Å². The van der Waals surface area contributed by atoms with E-state index in [0.717, 1.165) is 16.7 Å². The first kappa shape index (κ1) is 10.7. The lowest BCUT2D eigenvalue weighted by Crippen LogP contribution is -1.97. The van der Waals surface area contributed by atoms with Gasteiger partial charge in [0.2, 0.25) is 0 Å². The summed E-state index contributed by atoms with van der Waals surface area (Å²) in [6.45, 7) is 2.99. The van der Waals surface area contributed by atoms with Gasteiger partial charge in [0, 0.05) is 21.6 Å². The summed E-state index contributed by atoms with van der Waals surface area (Å²) in [5.41, 5.74) is 2.42. The number of thiophene rings is 1. The Bertz CT molecular complexity index is 417. The summed E-state index contributed by atoms with van der Waals surface area (Å²) in [6, 6.07) is 10.6. The van der Waals surface area contributed by atoms with Crippen molar-refractivity contribution in [3.8, 4) is 0 Å². The molecule has 0 fully saturated rings. The Balaban J connectivity index is 2.05. The van der Waals surface area contributed by atoms with Gasteiger partial charge in [-0.15, -0.1) is 11.3 Å². The van der Waals surface area contributed by atoms with Crippen LogP contribution in [0.1, 0.15) is 10.4 Å². The van der Waals surface area contributed by atoms with Crippen LogP contribution in [-0.4, -0.2) is 0 Å². The zero-order valence-electron chi connectivity index (χ0n) is 8.46. The Hall–Kier alpha value is -0.800. The minimum atomic E-state index is 0.896. The van der Waals surface area contributed by atoms with E-state index in [2.05, 4.69) is 63.9 Å². The molecule has 0 aliphatic rings. The summed E-state index contributed by atoms with van der Waals surface area (Å²) in [5, 5.41) is 5.51. The highest BCUT2D eigenvalue weighted by atomic mass is 79.9. The number of halogens is 1. The topological polar surface area (TPSA) is 12.0 Å². The van der Waals surface area contributed by atoms with Gasteiger partial charge in [-0.05, 0) is 42.1 Å². The molecule has 0 atom stereocenters. The van der Waals surface area contributed by atoms with Crippen LogP contribution in [0, 0.1) is 6.92 Å². The summed E-state index contributed by atoms with van der Waals surface area (Å²) in [4.78, 5) is 1.35.